The summed E-state index contributed by atoms with van der Waals surface area (Å²) < 4.78 is 20.9. The van der Waals surface area contributed by atoms with Crippen molar-refractivity contribution in [2.75, 3.05) is 13.2 Å². The number of ether oxygens (including phenoxy) is 4. The topological polar surface area (TPSA) is 105 Å². The Morgan fingerprint density at radius 3 is 1.47 bits per heavy atom. The van der Waals surface area contributed by atoms with Crippen LogP contribution in [0.2, 0.25) is 0 Å². The first-order valence-corrected chi connectivity index (χ1v) is 11.8. The smallest absolute Gasteiger partial charge is 0.309 e. The van der Waals surface area contributed by atoms with Crippen molar-refractivity contribution in [2.45, 2.75) is 78.1 Å². The Morgan fingerprint density at radius 1 is 0.676 bits per heavy atom. The molecule has 1 rings (SSSR count). The molecule has 0 spiro atoms. The highest BCUT2D eigenvalue weighted by Crippen LogP contribution is 2.13. The second kappa shape index (κ2) is 18.3. The van der Waals surface area contributed by atoms with Crippen molar-refractivity contribution in [1.29, 1.82) is 0 Å². The summed E-state index contributed by atoms with van der Waals surface area (Å²) in [6, 6.07) is 0. The minimum atomic E-state index is -0.399. The second-order valence-electron chi connectivity index (χ2n) is 7.78. The molecule has 34 heavy (non-hydrogen) atoms. The molecular formula is C26H36O8. The summed E-state index contributed by atoms with van der Waals surface area (Å²) in [5.41, 5.74) is 0. The third-order valence-corrected chi connectivity index (χ3v) is 4.62. The summed E-state index contributed by atoms with van der Waals surface area (Å²) in [5, 5.41) is 0. The Bertz CT molecular complexity index is 723. The van der Waals surface area contributed by atoms with Crippen molar-refractivity contribution in [3.8, 4) is 0 Å². The molecule has 0 unspecified atom stereocenters. The van der Waals surface area contributed by atoms with E-state index in [1.807, 2.05) is 0 Å². The van der Waals surface area contributed by atoms with Gasteiger partial charge in [0, 0.05) is 26.7 Å². The lowest BCUT2D eigenvalue weighted by Crippen LogP contribution is -2.05. The molecule has 1 heterocycles. The summed E-state index contributed by atoms with van der Waals surface area (Å²) in [5.74, 6) is -0.403. The third-order valence-electron chi connectivity index (χ3n) is 4.62. The van der Waals surface area contributed by atoms with Crippen LogP contribution < -0.4 is 0 Å². The fourth-order valence-electron chi connectivity index (χ4n) is 3.03. The number of carbonyl (C=O) groups excluding carboxylic acids is 4. The van der Waals surface area contributed by atoms with Gasteiger partial charge in [-0.05, 0) is 50.7 Å². The lowest BCUT2D eigenvalue weighted by molar-refractivity contribution is -0.143. The van der Waals surface area contributed by atoms with Gasteiger partial charge in [-0.15, -0.1) is 0 Å². The first-order chi connectivity index (χ1) is 16.4. The van der Waals surface area contributed by atoms with Crippen molar-refractivity contribution in [3.05, 3.63) is 48.0 Å². The molecule has 0 bridgehead atoms. The van der Waals surface area contributed by atoms with Crippen LogP contribution in [0.1, 0.15) is 78.1 Å². The molecular weight excluding hydrogens is 440 g/mol. The van der Waals surface area contributed by atoms with Crippen molar-refractivity contribution in [3.63, 3.8) is 0 Å². The highest BCUT2D eigenvalue weighted by atomic mass is 16.5. The molecule has 0 fully saturated rings. The third kappa shape index (κ3) is 16.5. The van der Waals surface area contributed by atoms with Crippen molar-refractivity contribution in [2.24, 2.45) is 0 Å². The van der Waals surface area contributed by atoms with Crippen molar-refractivity contribution >= 4 is 23.9 Å². The fourth-order valence-corrected chi connectivity index (χ4v) is 3.03. The zero-order valence-electron chi connectivity index (χ0n) is 20.2. The van der Waals surface area contributed by atoms with Crippen LogP contribution in [-0.4, -0.2) is 37.1 Å². The summed E-state index contributed by atoms with van der Waals surface area (Å²) in [6.45, 7) is 3.31. The molecule has 8 heteroatoms. The summed E-state index contributed by atoms with van der Waals surface area (Å²) in [6.07, 6.45) is 15.9. The maximum absolute atomic E-state index is 11.9. The van der Waals surface area contributed by atoms with E-state index in [1.165, 1.54) is 13.8 Å². The average molecular weight is 477 g/mol. The average Bonchev–Trinajstić information content (AvgIpc) is 2.77. The normalized spacial score (nSPS) is 23.4. The maximum Gasteiger partial charge on any atom is 0.309 e. The number of hydrogen-bond acceptors (Lipinski definition) is 8. The Balaban J connectivity index is 2.70. The summed E-state index contributed by atoms with van der Waals surface area (Å²) in [4.78, 5) is 46.3. The largest absolute Gasteiger partial charge is 0.465 e. The van der Waals surface area contributed by atoms with Crippen LogP contribution >= 0.6 is 0 Å². The van der Waals surface area contributed by atoms with Gasteiger partial charge >= 0.3 is 23.9 Å². The summed E-state index contributed by atoms with van der Waals surface area (Å²) in [7, 11) is 0. The Morgan fingerprint density at radius 2 is 1.09 bits per heavy atom. The fraction of sp³-hybridized carbons (Fsp3) is 0.538. The molecule has 0 saturated carbocycles. The molecule has 188 valence electrons. The lowest BCUT2D eigenvalue weighted by Gasteiger charge is -2.08. The van der Waals surface area contributed by atoms with Crippen LogP contribution in [0.3, 0.4) is 0 Å². The van der Waals surface area contributed by atoms with E-state index in [1.54, 1.807) is 36.5 Å². The van der Waals surface area contributed by atoms with Crippen LogP contribution in [0.4, 0.5) is 0 Å². The van der Waals surface area contributed by atoms with Crippen LogP contribution in [-0.2, 0) is 38.1 Å². The molecule has 8 nitrogen and oxygen atoms in total. The van der Waals surface area contributed by atoms with E-state index in [2.05, 4.69) is 0 Å². The second-order valence-corrected chi connectivity index (χ2v) is 7.78. The van der Waals surface area contributed by atoms with E-state index in [9.17, 15) is 19.2 Å². The van der Waals surface area contributed by atoms with E-state index < -0.39 is 11.9 Å². The van der Waals surface area contributed by atoms with Gasteiger partial charge in [0.05, 0.1) is 26.1 Å². The number of rotatable bonds is 2. The van der Waals surface area contributed by atoms with Crippen LogP contribution in [0.25, 0.3) is 0 Å². The van der Waals surface area contributed by atoms with Gasteiger partial charge in [-0.2, -0.15) is 0 Å². The predicted molar refractivity (Wildman–Crippen MR) is 126 cm³/mol. The van der Waals surface area contributed by atoms with Gasteiger partial charge in [0.15, 0.2) is 0 Å². The molecule has 0 aromatic carbocycles. The van der Waals surface area contributed by atoms with Gasteiger partial charge in [-0.3, -0.25) is 19.2 Å². The molecule has 0 atom stereocenters. The molecule has 0 radical (unpaired) electrons. The van der Waals surface area contributed by atoms with E-state index in [-0.39, 0.29) is 24.8 Å². The van der Waals surface area contributed by atoms with E-state index >= 15 is 0 Å². The molecule has 0 amide bonds. The molecule has 0 N–H and O–H groups in total. The summed E-state index contributed by atoms with van der Waals surface area (Å²) >= 11 is 0. The van der Waals surface area contributed by atoms with E-state index in [4.69, 9.17) is 18.9 Å². The minimum absolute atomic E-state index is 0.126. The van der Waals surface area contributed by atoms with Gasteiger partial charge in [-0.1, -0.05) is 24.3 Å². The molecule has 0 aromatic rings. The maximum atomic E-state index is 11.9. The Labute approximate surface area is 201 Å². The van der Waals surface area contributed by atoms with Gasteiger partial charge in [0.1, 0.15) is 11.5 Å². The molecule has 1 aliphatic heterocycles. The number of carbonyl (C=O) groups is 4. The molecule has 0 aliphatic carbocycles. The molecule has 0 aromatic heterocycles. The zero-order valence-corrected chi connectivity index (χ0v) is 20.2. The van der Waals surface area contributed by atoms with Crippen molar-refractivity contribution in [1.82, 2.24) is 0 Å². The number of cyclic esters (lactones) is 2. The first-order valence-electron chi connectivity index (χ1n) is 11.8. The Hall–Kier alpha value is -3.16. The quantitative estimate of drug-likeness (QED) is 0.405. The predicted octanol–water partition coefficient (Wildman–Crippen LogP) is 4.99. The van der Waals surface area contributed by atoms with Crippen LogP contribution in [0, 0.1) is 0 Å². The highest BCUT2D eigenvalue weighted by Gasteiger charge is 2.05. The van der Waals surface area contributed by atoms with Gasteiger partial charge in [-0.25, -0.2) is 0 Å². The van der Waals surface area contributed by atoms with Crippen LogP contribution in [0.5, 0.6) is 0 Å². The number of allylic oxidation sites excluding steroid dienone is 6. The standard InChI is InChI=1S/C26H36O8/c1-21(27)33-23-13-5-3-11-19-31-26(30)18-10-8-16-24(34-22(2)28)14-6-4-12-20-32-25(29)17-9-7-15-23/h7-10,15-16H,3-6,11-14,17-20H2,1-2H3/b9-7-,10-8-,23-15+,24-16+. The monoisotopic (exact) mass is 476 g/mol. The van der Waals surface area contributed by atoms with Gasteiger partial charge in [0.25, 0.3) is 0 Å². The number of hydrogen-bond donors (Lipinski definition) is 0. The Kier molecular flexibility index (Phi) is 15.5. The van der Waals surface area contributed by atoms with Crippen molar-refractivity contribution < 1.29 is 38.1 Å². The first kappa shape index (κ1) is 28.9. The van der Waals surface area contributed by atoms with Crippen LogP contribution in [0.15, 0.2) is 48.0 Å². The van der Waals surface area contributed by atoms with Gasteiger partial charge in [0.2, 0.25) is 0 Å². The van der Waals surface area contributed by atoms with E-state index in [0.717, 1.165) is 25.7 Å². The minimum Gasteiger partial charge on any atom is -0.465 e. The zero-order chi connectivity index (χ0) is 25.0. The molecule has 0 saturated heterocycles. The lowest BCUT2D eigenvalue weighted by atomic mass is 10.1. The number of esters is 4. The van der Waals surface area contributed by atoms with E-state index in [0.29, 0.717) is 50.4 Å². The molecule has 1 aliphatic rings. The highest BCUT2D eigenvalue weighted by molar-refractivity contribution is 5.71. The van der Waals surface area contributed by atoms with Gasteiger partial charge < -0.3 is 18.9 Å². The SMILES string of the molecule is CC(=O)O/C1=C/C=C\CC(=O)OCCCCC/C(OC(C)=O)=C\C=C/CC(=O)OCCCCC1.